The van der Waals surface area contributed by atoms with Gasteiger partial charge in [0.05, 0.1) is 31.5 Å². The molecule has 28 heavy (non-hydrogen) atoms. The van der Waals surface area contributed by atoms with Crippen molar-refractivity contribution in [1.82, 2.24) is 10.6 Å². The molecule has 1 aliphatic heterocycles. The molecule has 0 saturated heterocycles. The van der Waals surface area contributed by atoms with Gasteiger partial charge in [0, 0.05) is 11.3 Å². The predicted molar refractivity (Wildman–Crippen MR) is 111 cm³/mol. The average molecular weight is 399 g/mol. The van der Waals surface area contributed by atoms with E-state index in [0.29, 0.717) is 39.1 Å². The number of carbonyl (C=O) groups is 1. The minimum atomic E-state index is -0.654. The van der Waals surface area contributed by atoms with Crippen molar-refractivity contribution in [2.24, 2.45) is 0 Å². The van der Waals surface area contributed by atoms with Crippen molar-refractivity contribution >= 4 is 28.9 Å². The zero-order valence-electron chi connectivity index (χ0n) is 15.7. The quantitative estimate of drug-likeness (QED) is 0.575. The number of hydrogen-bond donors (Lipinski definition) is 4. The summed E-state index contributed by atoms with van der Waals surface area (Å²) in [6.45, 7) is 1.76. The van der Waals surface area contributed by atoms with Crippen LogP contribution in [0.3, 0.4) is 0 Å². The number of rotatable bonds is 5. The number of phenolic OH excluding ortho intramolecular Hbond substituents is 1. The van der Waals surface area contributed by atoms with E-state index in [4.69, 9.17) is 21.7 Å². The number of methoxy groups -OCH3 is 2. The first-order chi connectivity index (χ1) is 13.5. The van der Waals surface area contributed by atoms with Gasteiger partial charge in [-0.2, -0.15) is 0 Å². The largest absolute Gasteiger partial charge is 0.504 e. The lowest BCUT2D eigenvalue weighted by molar-refractivity contribution is -0.113. The second kappa shape index (κ2) is 8.18. The first-order valence-corrected chi connectivity index (χ1v) is 8.95. The van der Waals surface area contributed by atoms with Crippen LogP contribution in [-0.2, 0) is 4.79 Å². The molecule has 4 N–H and O–H groups in total. The highest BCUT2D eigenvalue weighted by atomic mass is 32.1. The van der Waals surface area contributed by atoms with Gasteiger partial charge in [-0.15, -0.1) is 0 Å². The van der Waals surface area contributed by atoms with Crippen molar-refractivity contribution < 1.29 is 19.4 Å². The summed E-state index contributed by atoms with van der Waals surface area (Å²) in [5, 5.41) is 19.8. The molecular formula is C20H21N3O4S. The van der Waals surface area contributed by atoms with Gasteiger partial charge in [-0.1, -0.05) is 24.3 Å². The maximum Gasteiger partial charge on any atom is 0.255 e. The number of hydrogen-bond acceptors (Lipinski definition) is 5. The van der Waals surface area contributed by atoms with E-state index < -0.39 is 6.04 Å². The molecule has 2 aromatic rings. The zero-order chi connectivity index (χ0) is 20.3. The second-order valence-corrected chi connectivity index (χ2v) is 6.53. The van der Waals surface area contributed by atoms with Crippen molar-refractivity contribution in [3.05, 3.63) is 59.3 Å². The third-order valence-electron chi connectivity index (χ3n) is 4.43. The lowest BCUT2D eigenvalue weighted by atomic mass is 9.94. The van der Waals surface area contributed by atoms with Gasteiger partial charge in [0.25, 0.3) is 5.91 Å². The normalized spacial score (nSPS) is 16.1. The maximum atomic E-state index is 13.1. The molecule has 1 aliphatic rings. The third kappa shape index (κ3) is 3.72. The predicted octanol–water partition coefficient (Wildman–Crippen LogP) is 2.84. The molecule has 7 nitrogen and oxygen atoms in total. The molecule has 0 fully saturated rings. The molecule has 1 amide bonds. The van der Waals surface area contributed by atoms with E-state index in [0.717, 1.165) is 0 Å². The molecule has 0 radical (unpaired) electrons. The highest BCUT2D eigenvalue weighted by Gasteiger charge is 2.32. The lowest BCUT2D eigenvalue weighted by Crippen LogP contribution is -2.45. The molecular weight excluding hydrogens is 378 g/mol. The van der Waals surface area contributed by atoms with E-state index in [2.05, 4.69) is 16.0 Å². The first kappa shape index (κ1) is 19.5. The Morgan fingerprint density at radius 1 is 1.11 bits per heavy atom. The maximum absolute atomic E-state index is 13.1. The molecule has 0 bridgehead atoms. The van der Waals surface area contributed by atoms with Crippen LogP contribution in [0.1, 0.15) is 18.5 Å². The van der Waals surface area contributed by atoms with Gasteiger partial charge in [-0.25, -0.2) is 0 Å². The molecule has 8 heteroatoms. The van der Waals surface area contributed by atoms with Crippen LogP contribution in [0.25, 0.3) is 0 Å². The van der Waals surface area contributed by atoms with Crippen LogP contribution in [-0.4, -0.2) is 30.3 Å². The minimum Gasteiger partial charge on any atom is -0.504 e. The van der Waals surface area contributed by atoms with Crippen molar-refractivity contribution in [2.45, 2.75) is 13.0 Å². The third-order valence-corrected chi connectivity index (χ3v) is 4.65. The molecule has 0 aliphatic carbocycles. The van der Waals surface area contributed by atoms with Gasteiger partial charge in [-0.3, -0.25) is 4.79 Å². The van der Waals surface area contributed by atoms with E-state index in [1.54, 1.807) is 43.3 Å². The molecule has 3 rings (SSSR count). The van der Waals surface area contributed by atoms with E-state index in [-0.39, 0.29) is 11.7 Å². The number of amides is 1. The minimum absolute atomic E-state index is 0.0532. The Morgan fingerprint density at radius 2 is 1.79 bits per heavy atom. The zero-order valence-corrected chi connectivity index (χ0v) is 16.5. The van der Waals surface area contributed by atoms with Crippen LogP contribution in [0.5, 0.6) is 17.2 Å². The Labute approximate surface area is 168 Å². The first-order valence-electron chi connectivity index (χ1n) is 8.54. The molecule has 2 aromatic carbocycles. The summed E-state index contributed by atoms with van der Waals surface area (Å²) in [5.41, 5.74) is 2.00. The smallest absolute Gasteiger partial charge is 0.255 e. The summed E-state index contributed by atoms with van der Waals surface area (Å²) in [6.07, 6.45) is 0. The number of aromatic hydroxyl groups is 1. The molecule has 146 valence electrons. The fraction of sp³-hybridized carbons (Fsp3) is 0.200. The average Bonchev–Trinajstić information content (AvgIpc) is 2.67. The van der Waals surface area contributed by atoms with Crippen molar-refractivity contribution in [1.29, 1.82) is 0 Å². The monoisotopic (exact) mass is 399 g/mol. The van der Waals surface area contributed by atoms with E-state index >= 15 is 0 Å². The standard InChI is InChI=1S/C20H21N3O4S/c1-11-16(19(25)22-13-8-4-5-9-14(13)26-2)17(23-20(28)21-11)12-7-6-10-15(27-3)18(12)24/h4-10,17,24H,1-3H3,(H,22,25)(H2,21,23,28)/t17-/m0/s1. The molecule has 0 saturated carbocycles. The SMILES string of the molecule is COc1ccccc1NC(=O)C1=C(C)NC(=S)N[C@H]1c1cccc(OC)c1O. The fourth-order valence-corrected chi connectivity index (χ4v) is 3.37. The van der Waals surface area contributed by atoms with Gasteiger partial charge in [-0.05, 0) is 37.3 Å². The molecule has 0 spiro atoms. The number of carbonyl (C=O) groups excluding carboxylic acids is 1. The van der Waals surface area contributed by atoms with Gasteiger partial charge in [0.15, 0.2) is 16.6 Å². The van der Waals surface area contributed by atoms with Gasteiger partial charge < -0.3 is 30.5 Å². The Bertz CT molecular complexity index is 958. The van der Waals surface area contributed by atoms with Crippen LogP contribution in [0.2, 0.25) is 0 Å². The van der Waals surface area contributed by atoms with Crippen LogP contribution in [0.15, 0.2) is 53.7 Å². The van der Waals surface area contributed by atoms with Crippen LogP contribution < -0.4 is 25.4 Å². The van der Waals surface area contributed by atoms with Crippen LogP contribution >= 0.6 is 12.2 Å². The van der Waals surface area contributed by atoms with E-state index in [9.17, 15) is 9.90 Å². The summed E-state index contributed by atoms with van der Waals surface area (Å²) in [4.78, 5) is 13.1. The highest BCUT2D eigenvalue weighted by molar-refractivity contribution is 7.80. The number of thiocarbonyl (C=S) groups is 1. The van der Waals surface area contributed by atoms with Crippen molar-refractivity contribution in [3.63, 3.8) is 0 Å². The summed E-state index contributed by atoms with van der Waals surface area (Å²) in [5.74, 6) is 0.451. The van der Waals surface area contributed by atoms with Gasteiger partial charge in [0.1, 0.15) is 5.75 Å². The second-order valence-electron chi connectivity index (χ2n) is 6.12. The highest BCUT2D eigenvalue weighted by Crippen LogP contribution is 2.38. The van der Waals surface area contributed by atoms with Gasteiger partial charge >= 0.3 is 0 Å². The van der Waals surface area contributed by atoms with Crippen molar-refractivity contribution in [2.75, 3.05) is 19.5 Å². The number of allylic oxidation sites excluding steroid dienone is 1. The summed E-state index contributed by atoms with van der Waals surface area (Å²) >= 11 is 5.25. The molecule has 0 unspecified atom stereocenters. The van der Waals surface area contributed by atoms with Gasteiger partial charge in [0.2, 0.25) is 0 Å². The van der Waals surface area contributed by atoms with E-state index in [1.165, 1.54) is 14.2 Å². The molecule has 1 atom stereocenters. The Kier molecular flexibility index (Phi) is 5.70. The topological polar surface area (TPSA) is 91.9 Å². The van der Waals surface area contributed by atoms with E-state index in [1.807, 2.05) is 6.07 Å². The Balaban J connectivity index is 2.02. The number of benzene rings is 2. The number of anilines is 1. The molecule has 1 heterocycles. The lowest BCUT2D eigenvalue weighted by Gasteiger charge is -2.31. The number of phenols is 1. The summed E-state index contributed by atoms with van der Waals surface area (Å²) in [7, 11) is 3.00. The Hall–Kier alpha value is -3.26. The van der Waals surface area contributed by atoms with Crippen LogP contribution in [0, 0.1) is 0 Å². The fourth-order valence-electron chi connectivity index (χ4n) is 3.10. The number of ether oxygens (including phenoxy) is 2. The van der Waals surface area contributed by atoms with Crippen LogP contribution in [0.4, 0.5) is 5.69 Å². The number of nitrogens with one attached hydrogen (secondary N) is 3. The summed E-state index contributed by atoms with van der Waals surface area (Å²) in [6, 6.07) is 11.6. The van der Waals surface area contributed by atoms with Crippen molar-refractivity contribution in [3.8, 4) is 17.2 Å². The summed E-state index contributed by atoms with van der Waals surface area (Å²) < 4.78 is 10.5. The Morgan fingerprint density at radius 3 is 2.50 bits per heavy atom. The molecule has 0 aromatic heterocycles. The number of para-hydroxylation sites is 3.